The third-order valence-corrected chi connectivity index (χ3v) is 19.0. The summed E-state index contributed by atoms with van der Waals surface area (Å²) in [6, 6.07) is 45.9. The lowest BCUT2D eigenvalue weighted by atomic mass is 9.79. The molecule has 8 aromatic carbocycles. The molecule has 8 aromatic rings. The van der Waals surface area contributed by atoms with Gasteiger partial charge in [-0.25, -0.2) is 0 Å². The summed E-state index contributed by atoms with van der Waals surface area (Å²) in [5.41, 5.74) is 4.05. The Morgan fingerprint density at radius 2 is 0.898 bits per heavy atom. The van der Waals surface area contributed by atoms with Crippen LogP contribution in [0.4, 0.5) is 28.9 Å². The van der Waals surface area contributed by atoms with Crippen molar-refractivity contribution in [2.75, 3.05) is 36.0 Å². The number of nitrogens with one attached hydrogen (secondary N) is 1. The van der Waals surface area contributed by atoms with Gasteiger partial charge in [0, 0.05) is 101 Å². The van der Waals surface area contributed by atoms with Gasteiger partial charge in [0.2, 0.25) is 29.2 Å². The van der Waals surface area contributed by atoms with E-state index >= 15 is 8.78 Å². The average Bonchev–Trinajstić information content (AvgIpc) is 2.03. The zero-order valence-electron chi connectivity index (χ0n) is 49.3. The van der Waals surface area contributed by atoms with Crippen molar-refractivity contribution >= 4 is 96.8 Å². The number of ketones is 5. The fourth-order valence-corrected chi connectivity index (χ4v) is 14.5. The van der Waals surface area contributed by atoms with Crippen molar-refractivity contribution in [3.63, 3.8) is 0 Å². The van der Waals surface area contributed by atoms with Crippen LogP contribution >= 0.6 is 12.4 Å². The SMILES string of the molecule is CCC(=O)CC1(C)C(=O)N(C2CCN(C3c4cccc5cccc(c45)C3(F)F)CC2)c2ccccc21.CCC(=O)CC1(C)C(=O)N(C2CCNCC2)c2ccccc21.Cl.O=C1C(=O)c2cccc3cccc1c23.O=C1c2cccc3cccc(c23)C1(F)F. The molecule has 2 amide bonds. The number of hydrogen-bond donors (Lipinski definition) is 1. The first-order valence-electron chi connectivity index (χ1n) is 30.1. The maximum absolute atomic E-state index is 15.7. The van der Waals surface area contributed by atoms with Crippen LogP contribution in [0.2, 0.25) is 0 Å². The summed E-state index contributed by atoms with van der Waals surface area (Å²) < 4.78 is 58.6. The molecular formula is C72H67ClF4N4O7. The van der Waals surface area contributed by atoms with E-state index in [0.29, 0.717) is 78.0 Å². The lowest BCUT2D eigenvalue weighted by Crippen LogP contribution is -2.51. The van der Waals surface area contributed by atoms with Crippen LogP contribution in [0, 0.1) is 0 Å². The second-order valence-electron chi connectivity index (χ2n) is 24.2. The maximum Gasteiger partial charge on any atom is 0.335 e. The highest BCUT2D eigenvalue weighted by Gasteiger charge is 2.55. The van der Waals surface area contributed by atoms with Gasteiger partial charge in [0.1, 0.15) is 17.6 Å². The molecule has 15 rings (SSSR count). The van der Waals surface area contributed by atoms with E-state index < -0.39 is 34.5 Å². The first kappa shape index (κ1) is 61.4. The molecule has 2 saturated heterocycles. The summed E-state index contributed by atoms with van der Waals surface area (Å²) in [6.07, 6.45) is 4.53. The summed E-state index contributed by atoms with van der Waals surface area (Å²) in [6.45, 7) is 10.3. The number of benzene rings is 8. The van der Waals surface area contributed by atoms with Gasteiger partial charge in [-0.1, -0.05) is 159 Å². The maximum atomic E-state index is 15.7. The highest BCUT2D eigenvalue weighted by Crippen LogP contribution is 2.56. The molecule has 88 heavy (non-hydrogen) atoms. The Morgan fingerprint density at radius 3 is 1.40 bits per heavy atom. The normalized spacial score (nSPS) is 22.0. The van der Waals surface area contributed by atoms with E-state index in [2.05, 4.69) is 5.32 Å². The molecule has 452 valence electrons. The molecule has 0 saturated carbocycles. The molecule has 0 radical (unpaired) electrons. The van der Waals surface area contributed by atoms with Gasteiger partial charge in [0.05, 0.1) is 10.8 Å². The molecule has 7 aliphatic rings. The summed E-state index contributed by atoms with van der Waals surface area (Å²) in [5, 5.41) is 7.73. The largest absolute Gasteiger partial charge is 0.335 e. The fourth-order valence-electron chi connectivity index (χ4n) is 14.5. The number of para-hydroxylation sites is 2. The van der Waals surface area contributed by atoms with Crippen molar-refractivity contribution in [1.82, 2.24) is 10.2 Å². The van der Waals surface area contributed by atoms with E-state index in [9.17, 15) is 42.3 Å². The number of anilines is 2. The lowest BCUT2D eigenvalue weighted by Gasteiger charge is -2.41. The lowest BCUT2D eigenvalue weighted by molar-refractivity contribution is -0.128. The molecule has 16 heteroatoms. The van der Waals surface area contributed by atoms with Crippen molar-refractivity contribution in [1.29, 1.82) is 0 Å². The molecule has 4 aliphatic heterocycles. The van der Waals surface area contributed by atoms with Crippen molar-refractivity contribution in [2.45, 2.75) is 120 Å². The van der Waals surface area contributed by atoms with Crippen molar-refractivity contribution in [3.05, 3.63) is 202 Å². The number of hydrogen-bond acceptors (Lipinski definition) is 9. The van der Waals surface area contributed by atoms with Gasteiger partial charge in [-0.15, -0.1) is 12.4 Å². The number of likely N-dealkylation sites (tertiary alicyclic amines) is 1. The number of fused-ring (bicyclic) bond motifs is 2. The Hall–Kier alpha value is -8.24. The van der Waals surface area contributed by atoms with Gasteiger partial charge in [-0.05, 0) is 103 Å². The van der Waals surface area contributed by atoms with E-state index in [1.807, 2.05) is 127 Å². The van der Waals surface area contributed by atoms with Crippen LogP contribution < -0.4 is 15.1 Å². The predicted octanol–water partition coefficient (Wildman–Crippen LogP) is 14.3. The fraction of sp³-hybridized carbons (Fsp3) is 0.319. The second-order valence-corrected chi connectivity index (χ2v) is 24.2. The van der Waals surface area contributed by atoms with E-state index in [0.717, 1.165) is 64.6 Å². The Kier molecular flexibility index (Phi) is 16.5. The van der Waals surface area contributed by atoms with Gasteiger partial charge in [-0.2, -0.15) is 17.6 Å². The molecule has 3 atom stereocenters. The van der Waals surface area contributed by atoms with Crippen molar-refractivity contribution in [2.24, 2.45) is 0 Å². The van der Waals surface area contributed by atoms with Crippen LogP contribution in [0.15, 0.2) is 158 Å². The monoisotopic (exact) mass is 1210 g/mol. The minimum absolute atomic E-state index is 0. The topological polar surface area (TPSA) is 141 Å². The summed E-state index contributed by atoms with van der Waals surface area (Å²) in [5.74, 6) is -7.90. The highest BCUT2D eigenvalue weighted by atomic mass is 35.5. The molecule has 0 aromatic heterocycles. The number of carbonyl (C=O) groups excluding carboxylic acids is 7. The Morgan fingerprint density at radius 1 is 0.489 bits per heavy atom. The number of piperidine rings is 2. The van der Waals surface area contributed by atoms with Gasteiger partial charge >= 0.3 is 5.92 Å². The van der Waals surface area contributed by atoms with Crippen LogP contribution in [0.3, 0.4) is 0 Å². The highest BCUT2D eigenvalue weighted by molar-refractivity contribution is 6.57. The molecule has 2 fully saturated rings. The Bertz CT molecular complexity index is 4120. The predicted molar refractivity (Wildman–Crippen MR) is 335 cm³/mol. The van der Waals surface area contributed by atoms with E-state index in [4.69, 9.17) is 0 Å². The van der Waals surface area contributed by atoms with Gasteiger partial charge < -0.3 is 15.1 Å². The number of Topliss-reactive ketones (excluding diaryl/α,β-unsaturated/α-hetero) is 5. The third kappa shape index (κ3) is 10.0. The smallest absolute Gasteiger partial charge is 0.317 e. The zero-order chi connectivity index (χ0) is 61.3. The van der Waals surface area contributed by atoms with Gasteiger partial charge in [0.25, 0.3) is 5.92 Å². The first-order valence-corrected chi connectivity index (χ1v) is 30.1. The molecule has 4 heterocycles. The van der Waals surface area contributed by atoms with E-state index in [-0.39, 0.29) is 82.5 Å². The van der Waals surface area contributed by atoms with E-state index in [1.165, 1.54) is 12.1 Å². The average molecular weight is 1210 g/mol. The van der Waals surface area contributed by atoms with Crippen LogP contribution in [0.5, 0.6) is 0 Å². The number of alkyl halides is 4. The molecule has 3 aliphatic carbocycles. The molecule has 0 spiro atoms. The number of amides is 2. The summed E-state index contributed by atoms with van der Waals surface area (Å²) >= 11 is 0. The quantitative estimate of drug-likeness (QED) is 0.110. The third-order valence-electron chi connectivity index (χ3n) is 19.0. The standard InChI is InChI=1S/C30H30F2N2O2.C18H24N2O2.C12H6F2O.C12H6O2.ClH/c1-3-21(35)18-29(2)23-11-4-5-13-25(23)34(28(29)36)20-14-16-33(17-15-20)27-22-10-6-8-19-9-7-12-24(26(19)22)30(27,31)32;1-3-14(21)12-18(2)15-6-4-5-7-16(15)20(17(18)22)13-8-10-19-11-9-13;13-12(14)9-6-2-4-7-3-1-5-8(10(7)9)11(12)15;13-11-8-5-1-3-7-4-2-6-9(10(7)8)12(11)14;/h4-13,20,27H,3,14-18H2,1-2H3;4-7,13,19H,3,8-12H2,1-2H3;1-6H;1-6H;1H. The van der Waals surface area contributed by atoms with Gasteiger partial charge in [0.15, 0.2) is 0 Å². The van der Waals surface area contributed by atoms with Crippen LogP contribution in [0.25, 0.3) is 32.3 Å². The summed E-state index contributed by atoms with van der Waals surface area (Å²) in [4.78, 5) is 91.6. The van der Waals surface area contributed by atoms with E-state index in [1.54, 1.807) is 60.7 Å². The van der Waals surface area contributed by atoms with Crippen molar-refractivity contribution in [3.8, 4) is 0 Å². The number of halogens is 5. The second kappa shape index (κ2) is 23.7. The zero-order valence-corrected chi connectivity index (χ0v) is 50.2. The van der Waals surface area contributed by atoms with Gasteiger partial charge in [-0.3, -0.25) is 38.5 Å². The van der Waals surface area contributed by atoms with Crippen LogP contribution in [0.1, 0.15) is 144 Å². The Balaban J connectivity index is 0.000000131. The molecule has 3 unspecified atom stereocenters. The Labute approximate surface area is 513 Å². The minimum Gasteiger partial charge on any atom is -0.317 e. The van der Waals surface area contributed by atoms with Crippen LogP contribution in [-0.2, 0) is 41.9 Å². The molecule has 0 bridgehead atoms. The molecular weight excluding hydrogens is 1140 g/mol. The number of carbonyl (C=O) groups is 7. The van der Waals surface area contributed by atoms with Crippen LogP contribution in [-0.4, -0.2) is 83.9 Å². The minimum atomic E-state index is -3.36. The number of rotatable bonds is 9. The summed E-state index contributed by atoms with van der Waals surface area (Å²) in [7, 11) is 0. The number of nitrogens with zero attached hydrogens (tertiary/aromatic N) is 3. The van der Waals surface area contributed by atoms with Crippen molar-refractivity contribution < 1.29 is 51.1 Å². The molecule has 1 N–H and O–H groups in total. The first-order chi connectivity index (χ1) is 41.8. The molecule has 11 nitrogen and oxygen atoms in total.